The van der Waals surface area contributed by atoms with Crippen LogP contribution in [0.2, 0.25) is 0 Å². The summed E-state index contributed by atoms with van der Waals surface area (Å²) in [6.07, 6.45) is 0. The zero-order chi connectivity index (χ0) is 14.5. The molecule has 19 heavy (non-hydrogen) atoms. The third-order valence-electron chi connectivity index (χ3n) is 3.06. The molecule has 0 radical (unpaired) electrons. The molecule has 108 valence electrons. The van der Waals surface area contributed by atoms with E-state index in [0.29, 0.717) is 0 Å². The van der Waals surface area contributed by atoms with Crippen molar-refractivity contribution in [3.63, 3.8) is 0 Å². The van der Waals surface area contributed by atoms with E-state index >= 15 is 0 Å². The van der Waals surface area contributed by atoms with Crippen LogP contribution in [0, 0.1) is 5.41 Å². The van der Waals surface area contributed by atoms with E-state index in [4.69, 9.17) is 9.47 Å². The average molecular weight is 267 g/mol. The van der Waals surface area contributed by atoms with Crippen molar-refractivity contribution >= 4 is 0 Å². The molecular formula is C15H25NO3. The zero-order valence-electron chi connectivity index (χ0n) is 12.6. The van der Waals surface area contributed by atoms with Crippen LogP contribution in [0.1, 0.15) is 19.4 Å². The highest BCUT2D eigenvalue weighted by Crippen LogP contribution is 2.26. The number of hydrogen-bond donors (Lipinski definition) is 1. The van der Waals surface area contributed by atoms with Gasteiger partial charge in [0.25, 0.3) is 0 Å². The molecular weight excluding hydrogens is 242 g/mol. The van der Waals surface area contributed by atoms with Crippen LogP contribution in [0.5, 0.6) is 11.5 Å². The van der Waals surface area contributed by atoms with E-state index in [0.717, 1.165) is 30.2 Å². The Labute approximate surface area is 115 Å². The number of methoxy groups -OCH3 is 2. The number of benzene rings is 1. The minimum Gasteiger partial charge on any atom is -0.497 e. The van der Waals surface area contributed by atoms with E-state index in [9.17, 15) is 5.11 Å². The molecule has 0 aliphatic carbocycles. The van der Waals surface area contributed by atoms with Crippen molar-refractivity contribution in [1.82, 2.24) is 4.90 Å². The van der Waals surface area contributed by atoms with Gasteiger partial charge in [-0.05, 0) is 13.1 Å². The molecule has 0 unspecified atom stereocenters. The number of nitrogens with zero attached hydrogens (tertiary/aromatic N) is 1. The first kappa shape index (κ1) is 15.8. The molecule has 0 atom stereocenters. The van der Waals surface area contributed by atoms with E-state index in [1.165, 1.54) is 0 Å². The lowest BCUT2D eigenvalue weighted by Gasteiger charge is -2.28. The van der Waals surface area contributed by atoms with Gasteiger partial charge in [0.15, 0.2) is 0 Å². The first-order chi connectivity index (χ1) is 8.91. The van der Waals surface area contributed by atoms with E-state index in [2.05, 4.69) is 18.7 Å². The second-order valence-electron chi connectivity index (χ2n) is 5.67. The Hall–Kier alpha value is -1.26. The van der Waals surface area contributed by atoms with Gasteiger partial charge in [0.05, 0.1) is 14.2 Å². The molecule has 4 heteroatoms. The lowest BCUT2D eigenvalue weighted by atomic mass is 9.94. The van der Waals surface area contributed by atoms with Crippen molar-refractivity contribution in [1.29, 1.82) is 0 Å². The first-order valence-electron chi connectivity index (χ1n) is 6.42. The summed E-state index contributed by atoms with van der Waals surface area (Å²) < 4.78 is 10.6. The molecule has 0 aliphatic heterocycles. The fraction of sp³-hybridized carbons (Fsp3) is 0.600. The molecule has 0 bridgehead atoms. The smallest absolute Gasteiger partial charge is 0.127 e. The van der Waals surface area contributed by atoms with Gasteiger partial charge >= 0.3 is 0 Å². The highest BCUT2D eigenvalue weighted by molar-refractivity contribution is 5.40. The van der Waals surface area contributed by atoms with Crippen molar-refractivity contribution in [3.05, 3.63) is 23.8 Å². The Morgan fingerprint density at radius 1 is 1.21 bits per heavy atom. The molecule has 0 aliphatic rings. The molecule has 0 saturated carbocycles. The lowest BCUT2D eigenvalue weighted by molar-refractivity contribution is 0.112. The topological polar surface area (TPSA) is 41.9 Å². The third kappa shape index (κ3) is 4.73. The summed E-state index contributed by atoms with van der Waals surface area (Å²) in [7, 11) is 5.35. The predicted octanol–water partition coefficient (Wildman–Crippen LogP) is 2.15. The first-order valence-corrected chi connectivity index (χ1v) is 6.42. The zero-order valence-corrected chi connectivity index (χ0v) is 12.6. The maximum Gasteiger partial charge on any atom is 0.127 e. The quantitative estimate of drug-likeness (QED) is 0.822. The molecule has 0 aromatic heterocycles. The highest BCUT2D eigenvalue weighted by atomic mass is 16.5. The molecule has 1 N–H and O–H groups in total. The fourth-order valence-corrected chi connectivity index (χ4v) is 2.11. The molecule has 0 fully saturated rings. The van der Waals surface area contributed by atoms with Gasteiger partial charge in [-0.2, -0.15) is 0 Å². The molecule has 0 heterocycles. The van der Waals surface area contributed by atoms with Crippen molar-refractivity contribution in [2.75, 3.05) is 34.4 Å². The molecule has 0 saturated heterocycles. The van der Waals surface area contributed by atoms with Crippen LogP contribution in [-0.2, 0) is 6.54 Å². The van der Waals surface area contributed by atoms with Gasteiger partial charge in [-0.3, -0.25) is 0 Å². The van der Waals surface area contributed by atoms with Gasteiger partial charge < -0.3 is 19.5 Å². The number of hydrogen-bond acceptors (Lipinski definition) is 4. The largest absolute Gasteiger partial charge is 0.497 e. The van der Waals surface area contributed by atoms with Gasteiger partial charge in [-0.25, -0.2) is 0 Å². The van der Waals surface area contributed by atoms with E-state index in [-0.39, 0.29) is 12.0 Å². The van der Waals surface area contributed by atoms with Crippen molar-refractivity contribution in [2.45, 2.75) is 20.4 Å². The number of rotatable bonds is 7. The molecule has 0 spiro atoms. The fourth-order valence-electron chi connectivity index (χ4n) is 2.11. The molecule has 1 aromatic carbocycles. The Morgan fingerprint density at radius 2 is 1.89 bits per heavy atom. The lowest BCUT2D eigenvalue weighted by Crippen LogP contribution is -2.33. The van der Waals surface area contributed by atoms with E-state index in [1.54, 1.807) is 14.2 Å². The van der Waals surface area contributed by atoms with Crippen LogP contribution in [-0.4, -0.2) is 44.4 Å². The summed E-state index contributed by atoms with van der Waals surface area (Å²) in [4.78, 5) is 2.18. The van der Waals surface area contributed by atoms with Crippen LogP contribution in [0.3, 0.4) is 0 Å². The van der Waals surface area contributed by atoms with Crippen LogP contribution in [0.4, 0.5) is 0 Å². The van der Waals surface area contributed by atoms with E-state index in [1.807, 2.05) is 25.2 Å². The number of ether oxygens (including phenoxy) is 2. The Morgan fingerprint density at radius 3 is 2.42 bits per heavy atom. The summed E-state index contributed by atoms with van der Waals surface area (Å²) in [5, 5.41) is 9.31. The molecule has 0 amide bonds. The van der Waals surface area contributed by atoms with Crippen LogP contribution in [0.25, 0.3) is 0 Å². The second kappa shape index (κ2) is 6.78. The minimum absolute atomic E-state index is 0.103. The van der Waals surface area contributed by atoms with Crippen molar-refractivity contribution in [2.24, 2.45) is 5.41 Å². The SMILES string of the molecule is COc1ccc(CN(C)CC(C)(C)CO)c(OC)c1. The third-order valence-corrected chi connectivity index (χ3v) is 3.06. The van der Waals surface area contributed by atoms with Gasteiger partial charge in [0.1, 0.15) is 11.5 Å². The van der Waals surface area contributed by atoms with Gasteiger partial charge in [-0.1, -0.05) is 19.9 Å². The predicted molar refractivity (Wildman–Crippen MR) is 76.7 cm³/mol. The molecule has 1 aromatic rings. The van der Waals surface area contributed by atoms with Gasteiger partial charge in [0.2, 0.25) is 0 Å². The highest BCUT2D eigenvalue weighted by Gasteiger charge is 2.19. The summed E-state index contributed by atoms with van der Waals surface area (Å²) >= 11 is 0. The summed E-state index contributed by atoms with van der Waals surface area (Å²) in [5.41, 5.74) is 1.01. The minimum atomic E-state index is -0.103. The Balaban J connectivity index is 2.76. The summed E-state index contributed by atoms with van der Waals surface area (Å²) in [6, 6.07) is 5.84. The standard InChI is InChI=1S/C15H25NO3/c1-15(2,11-17)10-16(3)9-12-6-7-13(18-4)8-14(12)19-5/h6-8,17H,9-11H2,1-5H3. The maximum absolute atomic E-state index is 9.31. The summed E-state index contributed by atoms with van der Waals surface area (Å²) in [5.74, 6) is 1.62. The van der Waals surface area contributed by atoms with E-state index < -0.39 is 0 Å². The Bertz CT molecular complexity index is 404. The number of aliphatic hydroxyl groups is 1. The second-order valence-corrected chi connectivity index (χ2v) is 5.67. The normalized spacial score (nSPS) is 11.7. The molecule has 1 rings (SSSR count). The monoisotopic (exact) mass is 267 g/mol. The average Bonchev–Trinajstić information content (AvgIpc) is 2.38. The maximum atomic E-state index is 9.31. The van der Waals surface area contributed by atoms with Crippen LogP contribution < -0.4 is 9.47 Å². The van der Waals surface area contributed by atoms with Crippen LogP contribution >= 0.6 is 0 Å². The van der Waals surface area contributed by atoms with Gasteiger partial charge in [0, 0.05) is 36.7 Å². The number of aliphatic hydroxyl groups excluding tert-OH is 1. The Kier molecular flexibility index (Phi) is 5.63. The molecule has 4 nitrogen and oxygen atoms in total. The van der Waals surface area contributed by atoms with Crippen LogP contribution in [0.15, 0.2) is 18.2 Å². The summed E-state index contributed by atoms with van der Waals surface area (Å²) in [6.45, 7) is 5.87. The van der Waals surface area contributed by atoms with Crippen molar-refractivity contribution < 1.29 is 14.6 Å². The van der Waals surface area contributed by atoms with Crippen molar-refractivity contribution in [3.8, 4) is 11.5 Å². The van der Waals surface area contributed by atoms with Gasteiger partial charge in [-0.15, -0.1) is 0 Å².